The molecule has 2 aromatic carbocycles. The normalized spacial score (nSPS) is 19.7. The molecule has 8 nitrogen and oxygen atoms in total. The van der Waals surface area contributed by atoms with E-state index in [1.165, 1.54) is 0 Å². The first-order valence-corrected chi connectivity index (χ1v) is 15.0. The molecule has 2 fully saturated rings. The van der Waals surface area contributed by atoms with E-state index in [2.05, 4.69) is 26.1 Å². The summed E-state index contributed by atoms with van der Waals surface area (Å²) in [5, 5.41) is 13.8. The standard InChI is InChI=1S/C33H44ClN3O5/c1-21-18-24(20-25(34)19-21)27-28(38)37(33(35-27)14-16-36(17-15-33)30(41)42-32(5,6)7)26(12-13-31(2,3)4)22-8-10-23(11-9-22)29(39)40/h8-11,18-20,26-27,35H,12-17H2,1-7H3,(H,39,40). The smallest absolute Gasteiger partial charge is 0.410 e. The first-order valence-electron chi connectivity index (χ1n) is 14.7. The van der Waals surface area contributed by atoms with E-state index in [0.717, 1.165) is 23.1 Å². The van der Waals surface area contributed by atoms with Crippen LogP contribution in [-0.4, -0.2) is 57.2 Å². The van der Waals surface area contributed by atoms with Crippen molar-refractivity contribution in [3.63, 3.8) is 0 Å². The van der Waals surface area contributed by atoms with Crippen molar-refractivity contribution in [1.82, 2.24) is 15.1 Å². The Hall–Kier alpha value is -3.10. The van der Waals surface area contributed by atoms with Crippen molar-refractivity contribution in [2.45, 2.75) is 97.5 Å². The van der Waals surface area contributed by atoms with E-state index in [1.807, 2.05) is 62.9 Å². The third-order valence-electron chi connectivity index (χ3n) is 8.02. The summed E-state index contributed by atoms with van der Waals surface area (Å²) in [5.74, 6) is -1.04. The van der Waals surface area contributed by atoms with Crippen molar-refractivity contribution < 1.29 is 24.2 Å². The van der Waals surface area contributed by atoms with Crippen LogP contribution in [0, 0.1) is 12.3 Å². The lowest BCUT2D eigenvalue weighted by Crippen LogP contribution is -2.60. The molecule has 0 saturated carbocycles. The van der Waals surface area contributed by atoms with Crippen LogP contribution < -0.4 is 5.32 Å². The lowest BCUT2D eigenvalue weighted by Gasteiger charge is -2.48. The number of carboxylic acids is 1. The Morgan fingerprint density at radius 1 is 1.07 bits per heavy atom. The van der Waals surface area contributed by atoms with E-state index in [-0.39, 0.29) is 29.0 Å². The molecule has 9 heteroatoms. The van der Waals surface area contributed by atoms with Gasteiger partial charge < -0.3 is 19.6 Å². The third-order valence-corrected chi connectivity index (χ3v) is 8.24. The summed E-state index contributed by atoms with van der Waals surface area (Å²) >= 11 is 6.44. The van der Waals surface area contributed by atoms with Gasteiger partial charge in [0.1, 0.15) is 11.6 Å². The molecule has 42 heavy (non-hydrogen) atoms. The highest BCUT2D eigenvalue weighted by atomic mass is 35.5. The molecule has 0 radical (unpaired) electrons. The molecule has 0 aliphatic carbocycles. The van der Waals surface area contributed by atoms with Gasteiger partial charge in [0.25, 0.3) is 0 Å². The quantitative estimate of drug-likeness (QED) is 0.368. The van der Waals surface area contributed by atoms with Crippen molar-refractivity contribution in [3.05, 3.63) is 69.7 Å². The van der Waals surface area contributed by atoms with Crippen LogP contribution >= 0.6 is 11.6 Å². The highest BCUT2D eigenvalue weighted by molar-refractivity contribution is 6.30. The number of rotatable bonds is 6. The number of carbonyl (C=O) groups excluding carboxylic acids is 2. The maximum absolute atomic E-state index is 14.5. The molecule has 2 amide bonds. The van der Waals surface area contributed by atoms with E-state index < -0.39 is 23.3 Å². The van der Waals surface area contributed by atoms with Crippen molar-refractivity contribution in [1.29, 1.82) is 0 Å². The molecule has 2 unspecified atom stereocenters. The lowest BCUT2D eigenvalue weighted by atomic mass is 9.85. The average Bonchev–Trinajstić information content (AvgIpc) is 3.14. The number of piperidine rings is 1. The Balaban J connectivity index is 1.76. The Morgan fingerprint density at radius 2 is 1.69 bits per heavy atom. The molecule has 2 saturated heterocycles. The van der Waals surface area contributed by atoms with Crippen molar-refractivity contribution >= 4 is 29.6 Å². The highest BCUT2D eigenvalue weighted by Crippen LogP contribution is 2.45. The van der Waals surface area contributed by atoms with E-state index in [4.69, 9.17) is 16.3 Å². The number of carboxylic acid groups (broad SMARTS) is 1. The van der Waals surface area contributed by atoms with Crippen LogP contribution in [0.3, 0.4) is 0 Å². The molecule has 4 rings (SSSR count). The van der Waals surface area contributed by atoms with Crippen LogP contribution in [-0.2, 0) is 9.53 Å². The first kappa shape index (κ1) is 31.8. The van der Waals surface area contributed by atoms with Crippen LogP contribution in [0.4, 0.5) is 4.79 Å². The molecule has 228 valence electrons. The topological polar surface area (TPSA) is 99.2 Å². The van der Waals surface area contributed by atoms with Crippen molar-refractivity contribution in [2.24, 2.45) is 5.41 Å². The average molecular weight is 598 g/mol. The van der Waals surface area contributed by atoms with Gasteiger partial charge in [0.05, 0.1) is 17.3 Å². The number of aromatic carboxylic acids is 1. The van der Waals surface area contributed by atoms with Gasteiger partial charge in [-0.25, -0.2) is 9.59 Å². The Labute approximate surface area is 254 Å². The van der Waals surface area contributed by atoms with Gasteiger partial charge in [-0.2, -0.15) is 0 Å². The number of hydrogen-bond acceptors (Lipinski definition) is 5. The molecule has 2 heterocycles. The maximum atomic E-state index is 14.5. The number of nitrogens with one attached hydrogen (secondary N) is 1. The molecular weight excluding hydrogens is 554 g/mol. The minimum Gasteiger partial charge on any atom is -0.478 e. The zero-order valence-electron chi connectivity index (χ0n) is 25.8. The number of amides is 2. The third kappa shape index (κ3) is 7.27. The fourth-order valence-electron chi connectivity index (χ4n) is 5.99. The summed E-state index contributed by atoms with van der Waals surface area (Å²) in [6.45, 7) is 14.9. The Bertz CT molecular complexity index is 1300. The summed E-state index contributed by atoms with van der Waals surface area (Å²) in [6, 6.07) is 11.6. The van der Waals surface area contributed by atoms with Crippen LogP contribution in [0.25, 0.3) is 0 Å². The molecule has 2 atom stereocenters. The van der Waals surface area contributed by atoms with E-state index >= 15 is 0 Å². The first-order chi connectivity index (χ1) is 19.5. The predicted molar refractivity (Wildman–Crippen MR) is 164 cm³/mol. The summed E-state index contributed by atoms with van der Waals surface area (Å²) in [7, 11) is 0. The zero-order valence-corrected chi connectivity index (χ0v) is 26.5. The van der Waals surface area contributed by atoms with Crippen molar-refractivity contribution in [3.8, 4) is 0 Å². The number of aryl methyl sites for hydroxylation is 1. The Kier molecular flexibility index (Phi) is 9.00. The molecule has 2 aliphatic rings. The largest absolute Gasteiger partial charge is 0.478 e. The molecule has 2 aliphatic heterocycles. The van der Waals surface area contributed by atoms with Gasteiger partial charge in [0.2, 0.25) is 5.91 Å². The molecule has 0 aromatic heterocycles. The highest BCUT2D eigenvalue weighted by Gasteiger charge is 2.55. The van der Waals surface area contributed by atoms with Gasteiger partial charge >= 0.3 is 12.1 Å². The number of nitrogens with zero attached hydrogens (tertiary/aromatic N) is 2. The zero-order chi connectivity index (χ0) is 31.0. The van der Waals surface area contributed by atoms with Crippen LogP contribution in [0.1, 0.15) is 106 Å². The SMILES string of the molecule is Cc1cc(Cl)cc(C2NC3(CCN(C(=O)OC(C)(C)C)CC3)N(C(CCC(C)(C)C)c3ccc(C(=O)O)cc3)C2=O)c1. The monoisotopic (exact) mass is 597 g/mol. The van der Waals surface area contributed by atoms with Crippen LogP contribution in [0.5, 0.6) is 0 Å². The summed E-state index contributed by atoms with van der Waals surface area (Å²) < 4.78 is 5.64. The number of hydrogen-bond donors (Lipinski definition) is 2. The summed E-state index contributed by atoms with van der Waals surface area (Å²) in [6.07, 6.45) is 2.23. The number of ether oxygens (including phenoxy) is 1. The van der Waals surface area contributed by atoms with Gasteiger partial charge in [-0.3, -0.25) is 10.1 Å². The second-order valence-electron chi connectivity index (χ2n) is 13.9. The molecule has 2 aromatic rings. The van der Waals surface area contributed by atoms with Gasteiger partial charge in [-0.15, -0.1) is 0 Å². The van der Waals surface area contributed by atoms with Gasteiger partial charge in [0, 0.05) is 31.0 Å². The minimum atomic E-state index is -0.992. The fraction of sp³-hybridized carbons (Fsp3) is 0.545. The summed E-state index contributed by atoms with van der Waals surface area (Å²) in [4.78, 5) is 42.7. The lowest BCUT2D eigenvalue weighted by molar-refractivity contribution is -0.137. The van der Waals surface area contributed by atoms with Crippen LogP contribution in [0.2, 0.25) is 5.02 Å². The number of halogens is 1. The second-order valence-corrected chi connectivity index (χ2v) is 14.3. The fourth-order valence-corrected chi connectivity index (χ4v) is 6.29. The molecular formula is C33H44ClN3O5. The Morgan fingerprint density at radius 3 is 2.21 bits per heavy atom. The second kappa shape index (κ2) is 11.9. The maximum Gasteiger partial charge on any atom is 0.410 e. The molecule has 2 N–H and O–H groups in total. The van der Waals surface area contributed by atoms with E-state index in [9.17, 15) is 19.5 Å². The number of benzene rings is 2. The molecule has 1 spiro atoms. The number of likely N-dealkylation sites (tertiary alicyclic amines) is 1. The number of carbonyl (C=O) groups is 3. The van der Waals surface area contributed by atoms with Gasteiger partial charge in [0.15, 0.2) is 0 Å². The minimum absolute atomic E-state index is 0.0200. The van der Waals surface area contributed by atoms with Crippen LogP contribution in [0.15, 0.2) is 42.5 Å². The van der Waals surface area contributed by atoms with Gasteiger partial charge in [-0.1, -0.05) is 50.6 Å². The van der Waals surface area contributed by atoms with Gasteiger partial charge in [-0.05, 0) is 86.9 Å². The summed E-state index contributed by atoms with van der Waals surface area (Å²) in [5.41, 5.74) is 1.56. The van der Waals surface area contributed by atoms with E-state index in [1.54, 1.807) is 17.0 Å². The molecule has 0 bridgehead atoms. The van der Waals surface area contributed by atoms with Crippen molar-refractivity contribution in [2.75, 3.05) is 13.1 Å². The van der Waals surface area contributed by atoms with E-state index in [0.29, 0.717) is 37.4 Å². The predicted octanol–water partition coefficient (Wildman–Crippen LogP) is 7.11.